The standard InChI is InChI=1S/C21H27N3O2/c1-26-18-11-9-17(10-12-18)13-14-22-21(25)19-7-6-8-20(23-19)24-15-4-2-3-5-16-24/h6-12H,2-5,13-16H2,1H3,(H,22,25). The third kappa shape index (κ3) is 4.97. The predicted octanol–water partition coefficient (Wildman–Crippen LogP) is 3.44. The molecule has 1 N–H and O–H groups in total. The molecule has 0 bridgehead atoms. The summed E-state index contributed by atoms with van der Waals surface area (Å²) in [4.78, 5) is 19.3. The second-order valence-corrected chi connectivity index (χ2v) is 6.64. The molecule has 3 rings (SSSR count). The zero-order valence-corrected chi connectivity index (χ0v) is 15.4. The van der Waals surface area contributed by atoms with Crippen molar-refractivity contribution in [3.8, 4) is 5.75 Å². The monoisotopic (exact) mass is 353 g/mol. The zero-order chi connectivity index (χ0) is 18.2. The predicted molar refractivity (Wildman–Crippen MR) is 104 cm³/mol. The first-order valence-electron chi connectivity index (χ1n) is 9.39. The number of hydrogen-bond donors (Lipinski definition) is 1. The van der Waals surface area contributed by atoms with Gasteiger partial charge in [0.2, 0.25) is 0 Å². The van der Waals surface area contributed by atoms with E-state index in [-0.39, 0.29) is 5.91 Å². The van der Waals surface area contributed by atoms with Crippen molar-refractivity contribution in [2.75, 3.05) is 31.6 Å². The molecule has 0 atom stereocenters. The maximum Gasteiger partial charge on any atom is 0.269 e. The Morgan fingerprint density at radius 1 is 1.08 bits per heavy atom. The van der Waals surface area contributed by atoms with Crippen LogP contribution in [0.2, 0.25) is 0 Å². The van der Waals surface area contributed by atoms with Gasteiger partial charge in [-0.3, -0.25) is 4.79 Å². The van der Waals surface area contributed by atoms with Crippen LogP contribution in [0.15, 0.2) is 42.5 Å². The molecule has 1 aliphatic heterocycles. The fourth-order valence-electron chi connectivity index (χ4n) is 3.23. The van der Waals surface area contributed by atoms with Gasteiger partial charge in [-0.25, -0.2) is 4.98 Å². The molecule has 1 amide bonds. The van der Waals surface area contributed by atoms with Gasteiger partial charge in [-0.2, -0.15) is 0 Å². The van der Waals surface area contributed by atoms with Crippen molar-refractivity contribution in [3.05, 3.63) is 53.7 Å². The number of nitrogens with one attached hydrogen (secondary N) is 1. The zero-order valence-electron chi connectivity index (χ0n) is 15.4. The van der Waals surface area contributed by atoms with Crippen molar-refractivity contribution in [1.29, 1.82) is 0 Å². The quantitative estimate of drug-likeness (QED) is 0.864. The average molecular weight is 353 g/mol. The summed E-state index contributed by atoms with van der Waals surface area (Å²) < 4.78 is 5.16. The van der Waals surface area contributed by atoms with Gasteiger partial charge in [-0.1, -0.05) is 31.0 Å². The van der Waals surface area contributed by atoms with E-state index in [1.54, 1.807) is 13.2 Å². The maximum atomic E-state index is 12.4. The third-order valence-electron chi connectivity index (χ3n) is 4.76. The van der Waals surface area contributed by atoms with Crippen LogP contribution in [0.3, 0.4) is 0 Å². The molecule has 138 valence electrons. The fourth-order valence-corrected chi connectivity index (χ4v) is 3.23. The summed E-state index contributed by atoms with van der Waals surface area (Å²) in [6.45, 7) is 2.63. The molecule has 26 heavy (non-hydrogen) atoms. The number of aromatic nitrogens is 1. The number of anilines is 1. The van der Waals surface area contributed by atoms with Crippen molar-refractivity contribution >= 4 is 11.7 Å². The van der Waals surface area contributed by atoms with E-state index in [1.165, 1.54) is 25.7 Å². The van der Waals surface area contributed by atoms with Crippen molar-refractivity contribution < 1.29 is 9.53 Å². The van der Waals surface area contributed by atoms with Crippen LogP contribution in [0.25, 0.3) is 0 Å². The molecule has 2 aromatic rings. The number of ether oxygens (including phenoxy) is 1. The third-order valence-corrected chi connectivity index (χ3v) is 4.76. The van der Waals surface area contributed by atoms with Crippen LogP contribution < -0.4 is 15.0 Å². The normalized spacial score (nSPS) is 14.6. The van der Waals surface area contributed by atoms with Gasteiger partial charge in [0, 0.05) is 19.6 Å². The van der Waals surface area contributed by atoms with Crippen molar-refractivity contribution in [2.24, 2.45) is 0 Å². The molecule has 1 saturated heterocycles. The molecule has 0 radical (unpaired) electrons. The van der Waals surface area contributed by atoms with Gasteiger partial charge in [0.1, 0.15) is 17.3 Å². The lowest BCUT2D eigenvalue weighted by Crippen LogP contribution is -2.29. The molecular weight excluding hydrogens is 326 g/mol. The van der Waals surface area contributed by atoms with Gasteiger partial charge in [0.25, 0.3) is 5.91 Å². The highest BCUT2D eigenvalue weighted by Gasteiger charge is 2.13. The van der Waals surface area contributed by atoms with Gasteiger partial charge in [0.15, 0.2) is 0 Å². The Bertz CT molecular complexity index is 707. The highest BCUT2D eigenvalue weighted by Crippen LogP contribution is 2.17. The SMILES string of the molecule is COc1ccc(CCNC(=O)c2cccc(N3CCCCCC3)n2)cc1. The van der Waals surface area contributed by atoms with Crippen molar-refractivity contribution in [1.82, 2.24) is 10.3 Å². The number of carbonyl (C=O) groups excluding carboxylic acids is 1. The van der Waals surface area contributed by atoms with E-state index in [0.29, 0.717) is 12.2 Å². The molecule has 0 saturated carbocycles. The van der Waals surface area contributed by atoms with Gasteiger partial charge >= 0.3 is 0 Å². The van der Waals surface area contributed by atoms with E-state index in [2.05, 4.69) is 15.2 Å². The number of methoxy groups -OCH3 is 1. The molecule has 1 aliphatic rings. The molecule has 1 aromatic carbocycles. The van der Waals surface area contributed by atoms with E-state index < -0.39 is 0 Å². The van der Waals surface area contributed by atoms with E-state index in [9.17, 15) is 4.79 Å². The molecule has 0 spiro atoms. The molecular formula is C21H27N3O2. The minimum Gasteiger partial charge on any atom is -0.497 e. The number of benzene rings is 1. The molecule has 2 heterocycles. The van der Waals surface area contributed by atoms with Gasteiger partial charge in [0.05, 0.1) is 7.11 Å². The first-order chi connectivity index (χ1) is 12.8. The molecule has 0 unspecified atom stereocenters. The Kier molecular flexibility index (Phi) is 6.47. The molecule has 5 heteroatoms. The molecule has 0 aliphatic carbocycles. The van der Waals surface area contributed by atoms with Crippen LogP contribution in [0.5, 0.6) is 5.75 Å². The summed E-state index contributed by atoms with van der Waals surface area (Å²) in [7, 11) is 1.65. The highest BCUT2D eigenvalue weighted by molar-refractivity contribution is 5.92. The van der Waals surface area contributed by atoms with Gasteiger partial charge in [-0.05, 0) is 49.1 Å². The second-order valence-electron chi connectivity index (χ2n) is 6.64. The number of nitrogens with zero attached hydrogens (tertiary/aromatic N) is 2. The van der Waals surface area contributed by atoms with Gasteiger partial charge in [-0.15, -0.1) is 0 Å². The van der Waals surface area contributed by atoms with Crippen molar-refractivity contribution in [3.63, 3.8) is 0 Å². The summed E-state index contributed by atoms with van der Waals surface area (Å²) in [5.74, 6) is 1.64. The van der Waals surface area contributed by atoms with Crippen molar-refractivity contribution in [2.45, 2.75) is 32.1 Å². The molecule has 1 aromatic heterocycles. The van der Waals surface area contributed by atoms with Crippen LogP contribution in [-0.4, -0.2) is 37.6 Å². The number of amides is 1. The first-order valence-corrected chi connectivity index (χ1v) is 9.39. The second kappa shape index (κ2) is 9.22. The smallest absolute Gasteiger partial charge is 0.269 e. The lowest BCUT2D eigenvalue weighted by molar-refractivity contribution is 0.0949. The van der Waals surface area contributed by atoms with E-state index in [4.69, 9.17) is 4.74 Å². The Morgan fingerprint density at radius 2 is 1.81 bits per heavy atom. The lowest BCUT2D eigenvalue weighted by Gasteiger charge is -2.21. The Balaban J connectivity index is 1.54. The minimum atomic E-state index is -0.116. The fraction of sp³-hybridized carbons (Fsp3) is 0.429. The largest absolute Gasteiger partial charge is 0.497 e. The number of rotatable bonds is 6. The first kappa shape index (κ1) is 18.2. The maximum absolute atomic E-state index is 12.4. The summed E-state index contributed by atoms with van der Waals surface area (Å²) in [6, 6.07) is 13.6. The molecule has 5 nitrogen and oxygen atoms in total. The highest BCUT2D eigenvalue weighted by atomic mass is 16.5. The number of pyridine rings is 1. The molecule has 1 fully saturated rings. The average Bonchev–Trinajstić information content (AvgIpc) is 2.98. The lowest BCUT2D eigenvalue weighted by atomic mass is 10.1. The summed E-state index contributed by atoms with van der Waals surface area (Å²) in [5, 5.41) is 2.97. The number of hydrogen-bond acceptors (Lipinski definition) is 4. The van der Waals surface area contributed by atoms with Crippen LogP contribution in [-0.2, 0) is 6.42 Å². The summed E-state index contributed by atoms with van der Waals surface area (Å²) in [5.41, 5.74) is 1.65. The summed E-state index contributed by atoms with van der Waals surface area (Å²) in [6.07, 6.45) is 5.73. The topological polar surface area (TPSA) is 54.5 Å². The Hall–Kier alpha value is -2.56. The van der Waals surface area contributed by atoms with Crippen LogP contribution in [0.1, 0.15) is 41.7 Å². The Labute approximate surface area is 155 Å². The van der Waals surface area contributed by atoms with Crippen LogP contribution in [0.4, 0.5) is 5.82 Å². The van der Waals surface area contributed by atoms with Gasteiger partial charge < -0.3 is 15.0 Å². The minimum absolute atomic E-state index is 0.116. The van der Waals surface area contributed by atoms with Crippen LogP contribution in [0, 0.1) is 0 Å². The number of carbonyl (C=O) groups is 1. The summed E-state index contributed by atoms with van der Waals surface area (Å²) >= 11 is 0. The van der Waals surface area contributed by atoms with Crippen LogP contribution >= 0.6 is 0 Å². The Morgan fingerprint density at radius 3 is 2.50 bits per heavy atom. The van der Waals surface area contributed by atoms with E-state index in [1.807, 2.05) is 36.4 Å². The van der Waals surface area contributed by atoms with E-state index in [0.717, 1.165) is 36.6 Å². The van der Waals surface area contributed by atoms with E-state index >= 15 is 0 Å².